The van der Waals surface area contributed by atoms with Crippen LogP contribution in [0, 0.1) is 0 Å². The van der Waals surface area contributed by atoms with Crippen LogP contribution in [0.25, 0.3) is 0 Å². The zero-order valence-electron chi connectivity index (χ0n) is 8.49. The Balaban J connectivity index is 2.30. The summed E-state index contributed by atoms with van der Waals surface area (Å²) in [6, 6.07) is 0.640. The number of anilines is 2. The van der Waals surface area contributed by atoms with E-state index in [-0.39, 0.29) is 0 Å². The summed E-state index contributed by atoms with van der Waals surface area (Å²) in [6.45, 7) is 3.42. The minimum atomic E-state index is 0.640. The molecule has 3 nitrogen and oxygen atoms in total. The van der Waals surface area contributed by atoms with E-state index in [0.29, 0.717) is 11.9 Å². The molecule has 2 N–H and O–H groups in total. The van der Waals surface area contributed by atoms with Crippen LogP contribution in [0.2, 0.25) is 0 Å². The van der Waals surface area contributed by atoms with Gasteiger partial charge in [-0.25, -0.2) is 0 Å². The van der Waals surface area contributed by atoms with Gasteiger partial charge in [0.1, 0.15) is 5.00 Å². The van der Waals surface area contributed by atoms with Crippen molar-refractivity contribution in [3.8, 4) is 0 Å². The van der Waals surface area contributed by atoms with Crippen molar-refractivity contribution in [1.29, 1.82) is 0 Å². The van der Waals surface area contributed by atoms with Crippen LogP contribution in [0.5, 0.6) is 0 Å². The fourth-order valence-electron chi connectivity index (χ4n) is 1.89. The highest BCUT2D eigenvalue weighted by molar-refractivity contribution is 7.99. The zero-order chi connectivity index (χ0) is 10.1. The standard InChI is InChI=1S/C9H15N3S2/c1-6-4-3-5-12(6)9-7(13-2)8(10)11-14-9/h6H,3-5H2,1-2H3,(H2,10,11). The summed E-state index contributed by atoms with van der Waals surface area (Å²) in [4.78, 5) is 3.59. The van der Waals surface area contributed by atoms with Gasteiger partial charge in [0, 0.05) is 12.6 Å². The van der Waals surface area contributed by atoms with Crippen molar-refractivity contribution in [2.45, 2.75) is 30.7 Å². The van der Waals surface area contributed by atoms with E-state index in [1.165, 1.54) is 29.4 Å². The lowest BCUT2D eigenvalue weighted by molar-refractivity contribution is 0.736. The number of hydrogen-bond acceptors (Lipinski definition) is 5. The maximum atomic E-state index is 5.82. The number of hydrogen-bond donors (Lipinski definition) is 1. The van der Waals surface area contributed by atoms with E-state index in [1.807, 2.05) is 0 Å². The molecular weight excluding hydrogens is 214 g/mol. The summed E-state index contributed by atoms with van der Waals surface area (Å²) in [5.74, 6) is 0.691. The topological polar surface area (TPSA) is 42.1 Å². The molecule has 0 bridgehead atoms. The summed E-state index contributed by atoms with van der Waals surface area (Å²) < 4.78 is 4.22. The lowest BCUT2D eigenvalue weighted by atomic mass is 10.2. The Labute approximate surface area is 92.8 Å². The van der Waals surface area contributed by atoms with Crippen LogP contribution in [0.3, 0.4) is 0 Å². The first kappa shape index (κ1) is 10.1. The second-order valence-corrected chi connectivity index (χ2v) is 5.16. The molecule has 78 valence electrons. The number of aromatic nitrogens is 1. The Bertz CT molecular complexity index is 324. The van der Waals surface area contributed by atoms with E-state index in [9.17, 15) is 0 Å². The van der Waals surface area contributed by atoms with Crippen molar-refractivity contribution in [3.05, 3.63) is 0 Å². The van der Waals surface area contributed by atoms with Gasteiger partial charge in [0.2, 0.25) is 0 Å². The van der Waals surface area contributed by atoms with Crippen LogP contribution in [0.15, 0.2) is 4.90 Å². The van der Waals surface area contributed by atoms with Crippen molar-refractivity contribution < 1.29 is 0 Å². The van der Waals surface area contributed by atoms with Gasteiger partial charge < -0.3 is 10.6 Å². The zero-order valence-corrected chi connectivity index (χ0v) is 10.1. The van der Waals surface area contributed by atoms with E-state index < -0.39 is 0 Å². The second kappa shape index (κ2) is 3.98. The molecular formula is C9H15N3S2. The van der Waals surface area contributed by atoms with Crippen LogP contribution in [0.1, 0.15) is 19.8 Å². The molecule has 1 fully saturated rings. The van der Waals surface area contributed by atoms with Crippen LogP contribution in [0.4, 0.5) is 10.8 Å². The van der Waals surface area contributed by atoms with Gasteiger partial charge in [0.25, 0.3) is 0 Å². The van der Waals surface area contributed by atoms with Crippen LogP contribution in [-0.4, -0.2) is 23.2 Å². The molecule has 2 heterocycles. The van der Waals surface area contributed by atoms with Crippen LogP contribution >= 0.6 is 23.3 Å². The summed E-state index contributed by atoms with van der Waals surface area (Å²) >= 11 is 3.23. The summed E-state index contributed by atoms with van der Waals surface area (Å²) in [7, 11) is 0. The van der Waals surface area contributed by atoms with Crippen LogP contribution in [-0.2, 0) is 0 Å². The summed E-state index contributed by atoms with van der Waals surface area (Å²) in [5.41, 5.74) is 5.82. The molecule has 0 amide bonds. The number of nitrogen functional groups attached to an aromatic ring is 1. The molecule has 2 rings (SSSR count). The normalized spacial score (nSPS) is 21.9. The molecule has 1 aromatic heterocycles. The maximum Gasteiger partial charge on any atom is 0.153 e. The predicted molar refractivity (Wildman–Crippen MR) is 64.3 cm³/mol. The molecule has 1 saturated heterocycles. The average Bonchev–Trinajstić information content (AvgIpc) is 2.71. The van der Waals surface area contributed by atoms with Gasteiger partial charge in [-0.2, -0.15) is 4.37 Å². The number of nitrogens with zero attached hydrogens (tertiary/aromatic N) is 2. The van der Waals surface area contributed by atoms with Gasteiger partial charge >= 0.3 is 0 Å². The quantitative estimate of drug-likeness (QED) is 0.791. The minimum Gasteiger partial charge on any atom is -0.382 e. The third-order valence-corrected chi connectivity index (χ3v) is 4.51. The summed E-state index contributed by atoms with van der Waals surface area (Å²) in [5, 5.41) is 1.26. The number of nitrogens with two attached hydrogens (primary N) is 1. The molecule has 0 aliphatic carbocycles. The lowest BCUT2D eigenvalue weighted by Crippen LogP contribution is -2.25. The highest BCUT2D eigenvalue weighted by atomic mass is 32.2. The highest BCUT2D eigenvalue weighted by Gasteiger charge is 2.25. The number of thioether (sulfide) groups is 1. The number of rotatable bonds is 2. The first-order chi connectivity index (χ1) is 6.74. The third kappa shape index (κ3) is 1.59. The van der Waals surface area contributed by atoms with Crippen molar-refractivity contribution >= 4 is 34.1 Å². The highest BCUT2D eigenvalue weighted by Crippen LogP contribution is 2.40. The molecule has 0 radical (unpaired) electrons. The van der Waals surface area contributed by atoms with Crippen molar-refractivity contribution in [3.63, 3.8) is 0 Å². The summed E-state index contributed by atoms with van der Waals surface area (Å²) in [6.07, 6.45) is 4.63. The molecule has 1 unspecified atom stereocenters. The van der Waals surface area contributed by atoms with E-state index in [1.54, 1.807) is 11.8 Å². The Morgan fingerprint density at radius 3 is 3.00 bits per heavy atom. The lowest BCUT2D eigenvalue weighted by Gasteiger charge is -2.22. The molecule has 14 heavy (non-hydrogen) atoms. The molecule has 1 aliphatic heterocycles. The van der Waals surface area contributed by atoms with Gasteiger partial charge in [-0.1, -0.05) is 0 Å². The van der Waals surface area contributed by atoms with Gasteiger partial charge in [-0.05, 0) is 37.6 Å². The second-order valence-electron chi connectivity index (χ2n) is 3.59. The average molecular weight is 229 g/mol. The Morgan fingerprint density at radius 2 is 2.43 bits per heavy atom. The van der Waals surface area contributed by atoms with Crippen LogP contribution < -0.4 is 10.6 Å². The molecule has 1 aliphatic rings. The van der Waals surface area contributed by atoms with E-state index in [2.05, 4.69) is 22.5 Å². The van der Waals surface area contributed by atoms with Gasteiger partial charge in [0.15, 0.2) is 5.82 Å². The van der Waals surface area contributed by atoms with Crippen molar-refractivity contribution in [1.82, 2.24) is 4.37 Å². The maximum absolute atomic E-state index is 5.82. The Kier molecular flexibility index (Phi) is 2.88. The fraction of sp³-hybridized carbons (Fsp3) is 0.667. The largest absolute Gasteiger partial charge is 0.382 e. The van der Waals surface area contributed by atoms with Gasteiger partial charge in [0.05, 0.1) is 4.90 Å². The van der Waals surface area contributed by atoms with E-state index in [0.717, 1.165) is 11.4 Å². The fourth-order valence-corrected chi connectivity index (χ4v) is 3.70. The Hall–Kier alpha value is -0.420. The third-order valence-electron chi connectivity index (χ3n) is 2.68. The molecule has 1 atom stereocenters. The molecule has 0 spiro atoms. The first-order valence-electron chi connectivity index (χ1n) is 4.79. The molecule has 1 aromatic rings. The van der Waals surface area contributed by atoms with Gasteiger partial charge in [-0.15, -0.1) is 11.8 Å². The Morgan fingerprint density at radius 1 is 1.64 bits per heavy atom. The minimum absolute atomic E-state index is 0.640. The molecule has 0 aromatic carbocycles. The monoisotopic (exact) mass is 229 g/mol. The first-order valence-corrected chi connectivity index (χ1v) is 6.79. The SMILES string of the molecule is CSc1c(N)nsc1N1CCCC1C. The molecule has 5 heteroatoms. The smallest absolute Gasteiger partial charge is 0.153 e. The predicted octanol–water partition coefficient (Wildman–Crippen LogP) is 2.44. The van der Waals surface area contributed by atoms with Crippen molar-refractivity contribution in [2.75, 3.05) is 23.4 Å². The van der Waals surface area contributed by atoms with Crippen molar-refractivity contribution in [2.24, 2.45) is 0 Å². The van der Waals surface area contributed by atoms with E-state index >= 15 is 0 Å². The van der Waals surface area contributed by atoms with E-state index in [4.69, 9.17) is 5.73 Å². The molecule has 0 saturated carbocycles. The van der Waals surface area contributed by atoms with Gasteiger partial charge in [-0.3, -0.25) is 0 Å².